The number of para-hydroxylation sites is 1. The minimum absolute atomic E-state index is 0.0249. The summed E-state index contributed by atoms with van der Waals surface area (Å²) in [7, 11) is 0. The van der Waals surface area contributed by atoms with Gasteiger partial charge in [0, 0.05) is 31.6 Å². The summed E-state index contributed by atoms with van der Waals surface area (Å²) in [4.78, 5) is 40.6. The molecule has 0 aliphatic carbocycles. The van der Waals surface area contributed by atoms with E-state index in [0.717, 1.165) is 12.0 Å². The number of aromatic nitrogens is 2. The van der Waals surface area contributed by atoms with Crippen molar-refractivity contribution in [3.8, 4) is 0 Å². The Morgan fingerprint density at radius 3 is 2.69 bits per heavy atom. The average Bonchev–Trinajstić information content (AvgIpc) is 2.72. The fourth-order valence-electron chi connectivity index (χ4n) is 2.99. The van der Waals surface area contributed by atoms with Crippen molar-refractivity contribution in [3.05, 3.63) is 70.8 Å². The standard InChI is InChI=1S/C22H24N4O3/c1-2-6-21(28)25-17-8-5-7-16(13-17)14-23-20(27)11-12-26-15-24-19-10-4-3-9-18(19)22(26)29/h3-5,7-10,13,15H,2,6,11-12,14H2,1H3,(H,23,27)(H,25,28). The normalized spacial score (nSPS) is 10.7. The van der Waals surface area contributed by atoms with Crippen LogP contribution in [0.3, 0.4) is 0 Å². The molecule has 2 N–H and O–H groups in total. The third-order valence-electron chi connectivity index (χ3n) is 4.49. The molecule has 7 nitrogen and oxygen atoms in total. The van der Waals surface area contributed by atoms with Gasteiger partial charge in [0.05, 0.1) is 17.2 Å². The second-order valence-electron chi connectivity index (χ2n) is 6.79. The summed E-state index contributed by atoms with van der Waals surface area (Å²) in [6.45, 7) is 2.56. The molecule has 0 bridgehead atoms. The highest BCUT2D eigenvalue weighted by Crippen LogP contribution is 2.11. The van der Waals surface area contributed by atoms with Crippen LogP contribution in [0.1, 0.15) is 31.7 Å². The van der Waals surface area contributed by atoms with Crippen molar-refractivity contribution in [1.29, 1.82) is 0 Å². The van der Waals surface area contributed by atoms with Gasteiger partial charge in [-0.2, -0.15) is 0 Å². The molecule has 0 spiro atoms. The number of nitrogens with zero attached hydrogens (tertiary/aromatic N) is 2. The van der Waals surface area contributed by atoms with E-state index in [1.165, 1.54) is 10.9 Å². The molecule has 2 amide bonds. The van der Waals surface area contributed by atoms with E-state index in [1.54, 1.807) is 18.2 Å². The summed E-state index contributed by atoms with van der Waals surface area (Å²) in [6.07, 6.45) is 2.91. The van der Waals surface area contributed by atoms with Gasteiger partial charge in [0.2, 0.25) is 11.8 Å². The van der Waals surface area contributed by atoms with Crippen molar-refractivity contribution in [3.63, 3.8) is 0 Å². The SMILES string of the molecule is CCCC(=O)Nc1cccc(CNC(=O)CCn2cnc3ccccc3c2=O)c1. The molecule has 0 fully saturated rings. The highest BCUT2D eigenvalue weighted by molar-refractivity contribution is 5.90. The molecule has 0 aliphatic rings. The fraction of sp³-hybridized carbons (Fsp3) is 0.273. The first kappa shape index (κ1) is 20.3. The van der Waals surface area contributed by atoms with Crippen LogP contribution in [0.2, 0.25) is 0 Å². The lowest BCUT2D eigenvalue weighted by Gasteiger charge is -2.09. The molecule has 7 heteroatoms. The maximum absolute atomic E-state index is 12.4. The number of hydrogen-bond acceptors (Lipinski definition) is 4. The molecule has 2 aromatic carbocycles. The van der Waals surface area contributed by atoms with E-state index in [1.807, 2.05) is 37.3 Å². The first-order valence-corrected chi connectivity index (χ1v) is 9.66. The third-order valence-corrected chi connectivity index (χ3v) is 4.49. The molecule has 1 heterocycles. The predicted octanol–water partition coefficient (Wildman–Crippen LogP) is 2.84. The van der Waals surface area contributed by atoms with Crippen molar-refractivity contribution < 1.29 is 9.59 Å². The van der Waals surface area contributed by atoms with Crippen LogP contribution in [0.15, 0.2) is 59.7 Å². The second-order valence-corrected chi connectivity index (χ2v) is 6.79. The van der Waals surface area contributed by atoms with Gasteiger partial charge >= 0.3 is 0 Å². The van der Waals surface area contributed by atoms with E-state index in [2.05, 4.69) is 15.6 Å². The molecule has 0 atom stereocenters. The van der Waals surface area contributed by atoms with Crippen LogP contribution in [0.5, 0.6) is 0 Å². The molecular weight excluding hydrogens is 368 g/mol. The van der Waals surface area contributed by atoms with Gasteiger partial charge in [-0.25, -0.2) is 4.98 Å². The van der Waals surface area contributed by atoms with Crippen molar-refractivity contribution in [2.45, 2.75) is 39.3 Å². The lowest BCUT2D eigenvalue weighted by molar-refractivity contribution is -0.121. The van der Waals surface area contributed by atoms with Crippen molar-refractivity contribution in [2.75, 3.05) is 5.32 Å². The lowest BCUT2D eigenvalue weighted by Crippen LogP contribution is -2.27. The topological polar surface area (TPSA) is 93.1 Å². The van der Waals surface area contributed by atoms with Crippen molar-refractivity contribution in [2.24, 2.45) is 0 Å². The third kappa shape index (κ3) is 5.51. The van der Waals surface area contributed by atoms with Crippen LogP contribution in [-0.2, 0) is 22.7 Å². The summed E-state index contributed by atoms with van der Waals surface area (Å²) < 4.78 is 1.45. The molecule has 0 aliphatic heterocycles. The Bertz CT molecular complexity index is 1070. The van der Waals surface area contributed by atoms with Crippen LogP contribution in [-0.4, -0.2) is 21.4 Å². The smallest absolute Gasteiger partial charge is 0.261 e. The molecule has 1 aromatic heterocycles. The minimum Gasteiger partial charge on any atom is -0.352 e. The van der Waals surface area contributed by atoms with Crippen LogP contribution >= 0.6 is 0 Å². The van der Waals surface area contributed by atoms with Gasteiger partial charge in [-0.15, -0.1) is 0 Å². The highest BCUT2D eigenvalue weighted by atomic mass is 16.2. The number of benzene rings is 2. The number of anilines is 1. The van der Waals surface area contributed by atoms with Gasteiger partial charge in [0.15, 0.2) is 0 Å². The predicted molar refractivity (Wildman–Crippen MR) is 112 cm³/mol. The molecule has 0 radical (unpaired) electrons. The number of hydrogen-bond donors (Lipinski definition) is 2. The van der Waals surface area contributed by atoms with E-state index < -0.39 is 0 Å². The van der Waals surface area contributed by atoms with E-state index in [4.69, 9.17) is 0 Å². The lowest BCUT2D eigenvalue weighted by atomic mass is 10.2. The fourth-order valence-corrected chi connectivity index (χ4v) is 2.99. The van der Waals surface area contributed by atoms with Gasteiger partial charge < -0.3 is 10.6 Å². The Hall–Kier alpha value is -3.48. The monoisotopic (exact) mass is 392 g/mol. The summed E-state index contributed by atoms with van der Waals surface area (Å²) in [5.74, 6) is -0.186. The zero-order valence-electron chi connectivity index (χ0n) is 16.4. The highest BCUT2D eigenvalue weighted by Gasteiger charge is 2.07. The van der Waals surface area contributed by atoms with Crippen LogP contribution in [0.4, 0.5) is 5.69 Å². The van der Waals surface area contributed by atoms with Gasteiger partial charge in [-0.1, -0.05) is 31.2 Å². The van der Waals surface area contributed by atoms with Gasteiger partial charge in [-0.3, -0.25) is 19.0 Å². The van der Waals surface area contributed by atoms with Crippen LogP contribution in [0.25, 0.3) is 10.9 Å². The maximum atomic E-state index is 12.4. The first-order valence-electron chi connectivity index (χ1n) is 9.66. The summed E-state index contributed by atoms with van der Waals surface area (Å²) in [6, 6.07) is 14.5. The largest absolute Gasteiger partial charge is 0.352 e. The molecule has 0 saturated carbocycles. The molecule has 0 unspecified atom stereocenters. The molecule has 3 aromatic rings. The number of nitrogens with one attached hydrogen (secondary N) is 2. The van der Waals surface area contributed by atoms with E-state index in [0.29, 0.717) is 29.6 Å². The minimum atomic E-state index is -0.162. The Morgan fingerprint density at radius 2 is 1.86 bits per heavy atom. The molecule has 3 rings (SSSR count). The summed E-state index contributed by atoms with van der Waals surface area (Å²) in [5.41, 5.74) is 2.09. The van der Waals surface area contributed by atoms with Gasteiger partial charge in [-0.05, 0) is 36.2 Å². The number of aryl methyl sites for hydroxylation is 1. The summed E-state index contributed by atoms with van der Waals surface area (Å²) in [5, 5.41) is 6.22. The van der Waals surface area contributed by atoms with E-state index in [-0.39, 0.29) is 30.3 Å². The van der Waals surface area contributed by atoms with Crippen molar-refractivity contribution >= 4 is 28.4 Å². The number of amides is 2. The quantitative estimate of drug-likeness (QED) is 0.616. The number of fused-ring (bicyclic) bond motifs is 1. The molecular formula is C22H24N4O3. The van der Waals surface area contributed by atoms with E-state index >= 15 is 0 Å². The second kappa shape index (κ2) is 9.64. The average molecular weight is 392 g/mol. The Balaban J connectivity index is 1.54. The van der Waals surface area contributed by atoms with E-state index in [9.17, 15) is 14.4 Å². The van der Waals surface area contributed by atoms with Crippen LogP contribution < -0.4 is 16.2 Å². The number of carbonyl (C=O) groups excluding carboxylic acids is 2. The summed E-state index contributed by atoms with van der Waals surface area (Å²) >= 11 is 0. The zero-order valence-corrected chi connectivity index (χ0v) is 16.4. The molecule has 0 saturated heterocycles. The maximum Gasteiger partial charge on any atom is 0.261 e. The number of rotatable bonds is 8. The zero-order chi connectivity index (χ0) is 20.6. The van der Waals surface area contributed by atoms with Crippen LogP contribution in [0, 0.1) is 0 Å². The molecule has 150 valence electrons. The van der Waals surface area contributed by atoms with Gasteiger partial charge in [0.1, 0.15) is 0 Å². The first-order chi connectivity index (χ1) is 14.1. The Morgan fingerprint density at radius 1 is 1.03 bits per heavy atom. The number of carbonyl (C=O) groups is 2. The Kier molecular flexibility index (Phi) is 6.73. The Labute approximate surface area is 168 Å². The van der Waals surface area contributed by atoms with Gasteiger partial charge in [0.25, 0.3) is 5.56 Å². The molecule has 29 heavy (non-hydrogen) atoms. The van der Waals surface area contributed by atoms with Crippen molar-refractivity contribution in [1.82, 2.24) is 14.9 Å².